The number of β-lactam (4-membered cyclic amide) rings is 1. The zero-order valence-electron chi connectivity index (χ0n) is 16.8. The fourth-order valence-corrected chi connectivity index (χ4v) is 6.58. The first-order chi connectivity index (χ1) is 14.6. The highest BCUT2D eigenvalue weighted by Crippen LogP contribution is 2.47. The van der Waals surface area contributed by atoms with Gasteiger partial charge in [-0.05, 0) is 13.8 Å². The average Bonchev–Trinajstić information content (AvgIpc) is 3.18. The largest absolute Gasteiger partial charge is 0.480 e. The Hall–Kier alpha value is -3.28. The SMILES string of the molecule is CCOC(=O)c1nnn(C[C@@]2(C)[C@H](C(=O)O)N3C(=O)C[C@@H]3S2(=O)=O)c1-c1ccccc1. The van der Waals surface area contributed by atoms with Crippen molar-refractivity contribution in [1.82, 2.24) is 19.9 Å². The van der Waals surface area contributed by atoms with E-state index < -0.39 is 50.4 Å². The zero-order valence-corrected chi connectivity index (χ0v) is 17.6. The standard InChI is InChI=1S/C19H20N4O7S/c1-3-30-18(27)14-15(11-7-5-4-6-8-11)22(21-20-14)10-19(2)16(17(25)26)23-12(24)9-13(23)31(19,28)29/h4-8,13,16H,3,9-10H2,1-2H3,(H,25,26)/t13-,16-,19-/m0/s1. The molecule has 2 fully saturated rings. The molecule has 0 radical (unpaired) electrons. The van der Waals surface area contributed by atoms with Crippen LogP contribution in [0.4, 0.5) is 0 Å². The number of carboxylic acid groups (broad SMARTS) is 1. The third-order valence-electron chi connectivity index (χ3n) is 5.76. The molecule has 1 N–H and O–H groups in total. The fraction of sp³-hybridized carbons (Fsp3) is 0.421. The summed E-state index contributed by atoms with van der Waals surface area (Å²) in [5.41, 5.74) is 0.624. The van der Waals surface area contributed by atoms with Crippen molar-refractivity contribution < 1.29 is 32.6 Å². The number of sulfone groups is 1. The molecule has 2 aliphatic rings. The van der Waals surface area contributed by atoms with Gasteiger partial charge in [-0.3, -0.25) is 4.79 Å². The summed E-state index contributed by atoms with van der Waals surface area (Å²) in [5, 5.41) is 16.4. The van der Waals surface area contributed by atoms with E-state index >= 15 is 0 Å². The van der Waals surface area contributed by atoms with Gasteiger partial charge >= 0.3 is 11.9 Å². The third-order valence-corrected chi connectivity index (χ3v) is 8.52. The topological polar surface area (TPSA) is 149 Å². The molecule has 12 heteroatoms. The molecule has 4 rings (SSSR count). The molecule has 3 atom stereocenters. The second kappa shape index (κ2) is 7.15. The van der Waals surface area contributed by atoms with Gasteiger partial charge in [0.25, 0.3) is 0 Å². The Labute approximate surface area is 177 Å². The molecule has 0 bridgehead atoms. The van der Waals surface area contributed by atoms with Gasteiger partial charge in [0, 0.05) is 5.56 Å². The number of hydrogen-bond donors (Lipinski definition) is 1. The lowest BCUT2D eigenvalue weighted by Crippen LogP contribution is -2.58. The minimum absolute atomic E-state index is 0.103. The Morgan fingerprint density at radius 1 is 1.29 bits per heavy atom. The van der Waals surface area contributed by atoms with Crippen LogP contribution >= 0.6 is 0 Å². The van der Waals surface area contributed by atoms with E-state index in [4.69, 9.17) is 4.74 Å². The number of hydrogen-bond acceptors (Lipinski definition) is 8. The lowest BCUT2D eigenvalue weighted by atomic mass is 9.96. The van der Waals surface area contributed by atoms with Crippen molar-refractivity contribution in [2.24, 2.45) is 0 Å². The number of benzene rings is 1. The van der Waals surface area contributed by atoms with Crippen LogP contribution in [0.3, 0.4) is 0 Å². The second-order valence-electron chi connectivity index (χ2n) is 7.59. The van der Waals surface area contributed by atoms with Crippen LogP contribution in [0.1, 0.15) is 30.8 Å². The van der Waals surface area contributed by atoms with E-state index in [-0.39, 0.29) is 24.4 Å². The summed E-state index contributed by atoms with van der Waals surface area (Å²) in [7, 11) is -4.05. The first-order valence-electron chi connectivity index (χ1n) is 9.57. The monoisotopic (exact) mass is 448 g/mol. The van der Waals surface area contributed by atoms with Crippen molar-refractivity contribution in [1.29, 1.82) is 0 Å². The number of ether oxygens (including phenoxy) is 1. The summed E-state index contributed by atoms with van der Waals surface area (Å²) in [6, 6.07) is 7.01. The summed E-state index contributed by atoms with van der Waals surface area (Å²) >= 11 is 0. The Morgan fingerprint density at radius 3 is 2.55 bits per heavy atom. The summed E-state index contributed by atoms with van der Waals surface area (Å²) in [6.45, 7) is 2.61. The smallest absolute Gasteiger partial charge is 0.361 e. The van der Waals surface area contributed by atoms with Crippen LogP contribution in [0.25, 0.3) is 11.3 Å². The minimum Gasteiger partial charge on any atom is -0.480 e. The molecule has 11 nitrogen and oxygen atoms in total. The van der Waals surface area contributed by atoms with Crippen LogP contribution in [-0.4, -0.2) is 74.0 Å². The summed E-state index contributed by atoms with van der Waals surface area (Å²) in [6.07, 6.45) is -0.251. The number of carbonyl (C=O) groups is 3. The van der Waals surface area contributed by atoms with Crippen LogP contribution < -0.4 is 0 Å². The molecule has 1 amide bonds. The van der Waals surface area contributed by atoms with Crippen LogP contribution in [0, 0.1) is 0 Å². The number of nitrogens with zero attached hydrogens (tertiary/aromatic N) is 4. The lowest BCUT2D eigenvalue weighted by molar-refractivity contribution is -0.157. The van der Waals surface area contributed by atoms with Crippen LogP contribution in [-0.2, 0) is 30.7 Å². The van der Waals surface area contributed by atoms with E-state index in [0.29, 0.717) is 5.56 Å². The molecule has 1 aromatic carbocycles. The summed E-state index contributed by atoms with van der Waals surface area (Å²) in [4.78, 5) is 37.3. The molecule has 2 saturated heterocycles. The molecule has 3 heterocycles. The van der Waals surface area contributed by atoms with Crippen LogP contribution in [0.2, 0.25) is 0 Å². The summed E-state index contributed by atoms with van der Waals surface area (Å²) in [5.74, 6) is -2.69. The molecule has 2 aliphatic heterocycles. The van der Waals surface area contributed by atoms with Gasteiger partial charge in [-0.1, -0.05) is 35.5 Å². The first-order valence-corrected chi connectivity index (χ1v) is 11.1. The van der Waals surface area contributed by atoms with Gasteiger partial charge in [0.05, 0.1) is 19.6 Å². The number of aromatic nitrogens is 3. The van der Waals surface area contributed by atoms with E-state index in [9.17, 15) is 27.9 Å². The molecule has 0 aliphatic carbocycles. The molecule has 0 saturated carbocycles. The normalized spacial score (nSPS) is 26.3. The molecule has 164 valence electrons. The maximum Gasteiger partial charge on any atom is 0.361 e. The molecule has 2 aromatic rings. The van der Waals surface area contributed by atoms with Crippen molar-refractivity contribution >= 4 is 27.7 Å². The van der Waals surface area contributed by atoms with Crippen molar-refractivity contribution in [2.45, 2.75) is 43.0 Å². The van der Waals surface area contributed by atoms with E-state index in [1.807, 2.05) is 0 Å². The number of carbonyl (C=O) groups excluding carboxylic acids is 2. The van der Waals surface area contributed by atoms with E-state index in [2.05, 4.69) is 10.3 Å². The predicted octanol–water partition coefficient (Wildman–Crippen LogP) is 0.321. The Kier molecular flexibility index (Phi) is 4.84. The molecule has 1 aromatic heterocycles. The Morgan fingerprint density at radius 2 is 1.97 bits per heavy atom. The number of amides is 1. The predicted molar refractivity (Wildman–Crippen MR) is 105 cm³/mol. The number of carboxylic acids is 1. The summed E-state index contributed by atoms with van der Waals surface area (Å²) < 4.78 is 30.8. The zero-order chi connectivity index (χ0) is 22.6. The molecular weight excluding hydrogens is 428 g/mol. The highest BCUT2D eigenvalue weighted by molar-refractivity contribution is 7.93. The average molecular weight is 448 g/mol. The van der Waals surface area contributed by atoms with Crippen LogP contribution in [0.5, 0.6) is 0 Å². The Balaban J connectivity index is 1.85. The van der Waals surface area contributed by atoms with E-state index in [1.165, 1.54) is 11.6 Å². The number of aliphatic carboxylic acids is 1. The maximum atomic E-state index is 13.2. The van der Waals surface area contributed by atoms with Gasteiger partial charge < -0.3 is 14.7 Å². The van der Waals surface area contributed by atoms with Crippen molar-refractivity contribution in [3.8, 4) is 11.3 Å². The van der Waals surface area contributed by atoms with Gasteiger partial charge in [0.1, 0.15) is 15.8 Å². The number of esters is 1. The third kappa shape index (κ3) is 2.92. The quantitative estimate of drug-likeness (QED) is 0.487. The number of rotatable bonds is 6. The van der Waals surface area contributed by atoms with Gasteiger partial charge in [-0.2, -0.15) is 0 Å². The second-order valence-corrected chi connectivity index (χ2v) is 10.2. The lowest BCUT2D eigenvalue weighted by Gasteiger charge is -2.35. The number of fused-ring (bicyclic) bond motifs is 1. The molecule has 31 heavy (non-hydrogen) atoms. The highest BCUT2D eigenvalue weighted by atomic mass is 32.2. The van der Waals surface area contributed by atoms with E-state index in [1.54, 1.807) is 37.3 Å². The van der Waals surface area contributed by atoms with Crippen molar-refractivity contribution in [3.63, 3.8) is 0 Å². The van der Waals surface area contributed by atoms with Crippen molar-refractivity contribution in [3.05, 3.63) is 36.0 Å². The molecule has 0 spiro atoms. The van der Waals surface area contributed by atoms with Gasteiger partial charge in [-0.25, -0.2) is 22.7 Å². The van der Waals surface area contributed by atoms with Crippen LogP contribution in [0.15, 0.2) is 30.3 Å². The van der Waals surface area contributed by atoms with Gasteiger partial charge in [-0.15, -0.1) is 5.10 Å². The maximum absolute atomic E-state index is 13.2. The molecule has 0 unspecified atom stereocenters. The first kappa shape index (κ1) is 21.0. The molecular formula is C19H20N4O7S. The minimum atomic E-state index is -4.05. The van der Waals surface area contributed by atoms with E-state index in [0.717, 1.165) is 4.90 Å². The van der Waals surface area contributed by atoms with Gasteiger partial charge in [0.2, 0.25) is 5.91 Å². The highest BCUT2D eigenvalue weighted by Gasteiger charge is 2.70. The fourth-order valence-electron chi connectivity index (χ4n) is 4.23. The van der Waals surface area contributed by atoms with Gasteiger partial charge in [0.15, 0.2) is 21.6 Å². The van der Waals surface area contributed by atoms with Crippen molar-refractivity contribution in [2.75, 3.05) is 6.61 Å². The Bertz CT molecular complexity index is 1180.